The second-order valence-corrected chi connectivity index (χ2v) is 19.5. The number of hydrogen-bond donors (Lipinski definition) is 16. The van der Waals surface area contributed by atoms with Gasteiger partial charge >= 0.3 is 10.4 Å². The predicted molar refractivity (Wildman–Crippen MR) is 254 cm³/mol. The lowest BCUT2D eigenvalue weighted by Gasteiger charge is -2.34. The van der Waals surface area contributed by atoms with Crippen LogP contribution in [0.2, 0.25) is 0 Å². The minimum atomic E-state index is -5.33. The molecule has 3 fully saturated rings. The average Bonchev–Trinajstić information content (AvgIpc) is 3.87. The summed E-state index contributed by atoms with van der Waals surface area (Å²) in [5.41, 5.74) is 4.72. The van der Waals surface area contributed by atoms with Crippen molar-refractivity contribution in [1.82, 2.24) is 36.4 Å². The molecule has 17 N–H and O–H groups in total. The lowest BCUT2D eigenvalue weighted by molar-refractivity contribution is -0.149. The molecule has 0 aliphatic carbocycles. The molecule has 15 atom stereocenters. The molecule has 3 saturated heterocycles. The minimum absolute atomic E-state index is 0.332. The summed E-state index contributed by atoms with van der Waals surface area (Å²) in [6.45, 7) is 3.15. The number of rotatable bonds is 16. The van der Waals surface area contributed by atoms with Crippen LogP contribution < -0.4 is 36.5 Å². The fourth-order valence-electron chi connectivity index (χ4n) is 8.50. The largest absolute Gasteiger partial charge is 0.504 e. The molecule has 0 unspecified atom stereocenters. The number of benzene rings is 1. The first-order valence-electron chi connectivity index (χ1n) is 23.7. The van der Waals surface area contributed by atoms with Crippen LogP contribution in [0.1, 0.15) is 77.4 Å². The highest BCUT2D eigenvalue weighted by atomic mass is 32.3. The zero-order valence-corrected chi connectivity index (χ0v) is 41.7. The zero-order chi connectivity index (χ0) is 56.2. The summed E-state index contributed by atoms with van der Waals surface area (Å²) in [4.78, 5) is 112. The van der Waals surface area contributed by atoms with Gasteiger partial charge in [-0.15, -0.1) is 0 Å². The second-order valence-electron chi connectivity index (χ2n) is 18.5. The maximum Gasteiger partial charge on any atom is 0.446 e. The van der Waals surface area contributed by atoms with E-state index in [1.54, 1.807) is 6.08 Å². The molecule has 1 aromatic carbocycles. The Morgan fingerprint density at radius 2 is 1.47 bits per heavy atom. The van der Waals surface area contributed by atoms with Gasteiger partial charge in [-0.05, 0) is 37.5 Å². The highest BCUT2D eigenvalue weighted by molar-refractivity contribution is 7.81. The van der Waals surface area contributed by atoms with Crippen molar-refractivity contribution in [3.63, 3.8) is 0 Å². The third kappa shape index (κ3) is 16.6. The van der Waals surface area contributed by atoms with E-state index in [0.29, 0.717) is 22.3 Å². The summed E-state index contributed by atoms with van der Waals surface area (Å²) in [6.07, 6.45) is -11.0. The van der Waals surface area contributed by atoms with E-state index < -0.39 is 198 Å². The van der Waals surface area contributed by atoms with Crippen LogP contribution in [-0.2, 0) is 48.8 Å². The van der Waals surface area contributed by atoms with Crippen molar-refractivity contribution in [3.8, 4) is 11.5 Å². The van der Waals surface area contributed by atoms with E-state index in [4.69, 9.17) is 5.73 Å². The summed E-state index contributed by atoms with van der Waals surface area (Å²) < 4.78 is 36.5. The molecule has 3 aliphatic rings. The Bertz CT molecular complexity index is 2430. The van der Waals surface area contributed by atoms with Gasteiger partial charge in [0.25, 0.3) is 0 Å². The molecule has 8 amide bonds. The number of aliphatic hydroxyl groups is 8. The van der Waals surface area contributed by atoms with E-state index >= 15 is 0 Å². The third-order valence-corrected chi connectivity index (χ3v) is 12.9. The molecule has 1 aromatic rings. The van der Waals surface area contributed by atoms with E-state index in [1.165, 1.54) is 13.0 Å². The van der Waals surface area contributed by atoms with Gasteiger partial charge in [-0.25, -0.2) is 0 Å². The van der Waals surface area contributed by atoms with Crippen LogP contribution in [0.25, 0.3) is 0 Å². The minimum Gasteiger partial charge on any atom is -0.504 e. The number of hydrogen-bond acceptors (Lipinski definition) is 20. The number of fused-ring (bicyclic) bond motifs is 2. The molecule has 3 heterocycles. The first-order valence-corrected chi connectivity index (χ1v) is 25.1. The maximum atomic E-state index is 14.5. The monoisotopic (exact) mass is 1090 g/mol. The van der Waals surface area contributed by atoms with E-state index in [9.17, 15) is 97.3 Å². The molecule has 0 spiro atoms. The van der Waals surface area contributed by atoms with Gasteiger partial charge in [0.15, 0.2) is 17.7 Å². The van der Waals surface area contributed by atoms with Gasteiger partial charge < -0.3 is 92.3 Å². The molecular formula is C45H66N8O21S. The lowest BCUT2D eigenvalue weighted by Crippen LogP contribution is -2.64. The highest BCUT2D eigenvalue weighted by Crippen LogP contribution is 2.33. The van der Waals surface area contributed by atoms with Crippen molar-refractivity contribution in [2.75, 3.05) is 13.1 Å². The van der Waals surface area contributed by atoms with Crippen LogP contribution in [0.5, 0.6) is 11.5 Å². The maximum absolute atomic E-state index is 14.5. The van der Waals surface area contributed by atoms with Crippen LogP contribution in [0, 0.1) is 5.92 Å². The molecule has 0 aromatic heterocycles. The first kappa shape index (κ1) is 61.2. The molecular weight excluding hydrogens is 1020 g/mol. The Hall–Kier alpha value is -6.35. The number of unbranched alkanes of at least 4 members (excludes halogenated alkanes) is 1. The van der Waals surface area contributed by atoms with Gasteiger partial charge in [-0.2, -0.15) is 8.42 Å². The number of aliphatic hydroxyl groups excluding tert-OH is 8. The van der Waals surface area contributed by atoms with Gasteiger partial charge in [0.05, 0.1) is 30.8 Å². The van der Waals surface area contributed by atoms with Gasteiger partial charge in [-0.3, -0.25) is 42.9 Å². The number of primary amides is 1. The molecule has 4 rings (SSSR count). The van der Waals surface area contributed by atoms with Crippen LogP contribution in [0.4, 0.5) is 0 Å². The van der Waals surface area contributed by atoms with Gasteiger partial charge in [-0.1, -0.05) is 50.6 Å². The number of amides is 8. The van der Waals surface area contributed by atoms with Crippen molar-refractivity contribution in [2.24, 2.45) is 11.7 Å². The van der Waals surface area contributed by atoms with E-state index in [0.717, 1.165) is 31.9 Å². The number of allylic oxidation sites excluding steroid dienone is 3. The van der Waals surface area contributed by atoms with Gasteiger partial charge in [0, 0.05) is 38.3 Å². The second kappa shape index (κ2) is 26.9. The average molecular weight is 1090 g/mol. The molecule has 29 nitrogen and oxygen atoms in total. The SMILES string of the molecule is CCC/C=C/C/C=C/CC(=O)N[C@H]1C[C@@H](O)[C@H](O)NC(=O)[C@@H]2[C@@H](O)[C@@H](C)CN2C(=O)[C@H]([C@H](O)CC(N)=O)NC(=O)[C@H]([C@H](O)[C@@H](O)c2ccc(O)c(OS(=O)(=O)O)c2)NC(=O)[C@@H]2C[C@@H](O)CN2C(=O)[C@H]([C@@H](C)O)NC1=O. The quantitative estimate of drug-likeness (QED) is 0.0541. The lowest BCUT2D eigenvalue weighted by atomic mass is 9.96. The Morgan fingerprint density at radius 3 is 2.09 bits per heavy atom. The summed E-state index contributed by atoms with van der Waals surface area (Å²) in [7, 11) is -5.33. The summed E-state index contributed by atoms with van der Waals surface area (Å²) in [5.74, 6) is -13.5. The summed E-state index contributed by atoms with van der Waals surface area (Å²) in [5, 5.41) is 111. The number of aromatic hydroxyl groups is 1. The van der Waals surface area contributed by atoms with Crippen LogP contribution >= 0.6 is 0 Å². The number of nitrogens with zero attached hydrogens (tertiary/aromatic N) is 2. The van der Waals surface area contributed by atoms with Crippen LogP contribution in [0.3, 0.4) is 0 Å². The summed E-state index contributed by atoms with van der Waals surface area (Å²) >= 11 is 0. The molecule has 418 valence electrons. The topological polar surface area (TPSA) is 475 Å². The van der Waals surface area contributed by atoms with Crippen molar-refractivity contribution in [3.05, 3.63) is 48.1 Å². The smallest absolute Gasteiger partial charge is 0.446 e. The highest BCUT2D eigenvalue weighted by Gasteiger charge is 2.50. The van der Waals surface area contributed by atoms with Crippen LogP contribution in [-0.4, -0.2) is 208 Å². The first-order chi connectivity index (χ1) is 35.1. The van der Waals surface area contributed by atoms with E-state index in [-0.39, 0.29) is 6.42 Å². The van der Waals surface area contributed by atoms with Crippen molar-refractivity contribution in [2.45, 2.75) is 151 Å². The fourth-order valence-corrected chi connectivity index (χ4v) is 8.86. The predicted octanol–water partition coefficient (Wildman–Crippen LogP) is -6.41. The molecule has 75 heavy (non-hydrogen) atoms. The Labute approximate surface area is 429 Å². The molecule has 0 radical (unpaired) electrons. The number of phenols is 1. The fraction of sp³-hybridized carbons (Fsp3) is 0.600. The Morgan fingerprint density at radius 1 is 0.840 bits per heavy atom. The molecule has 0 bridgehead atoms. The standard InChI is InChI=1S/C45H66N8O21S/c1-4-5-6-7-8-9-10-11-31(60)47-24-16-28(58)41(66)51-43(68)35-36(61)20(2)18-53(35)45(70)33(27(57)17-30(46)59)49-42(67)34(38(63)37(62)22-12-13-26(56)29(14-22)74-75(71,72)73)50-40(65)25-15-23(55)19-52(25)44(69)32(21(3)54)48-39(24)64/h6-7,9-10,12-14,20-21,23-25,27-28,32-38,41,54-58,61-63,66H,4-5,8,11,15-19H2,1-3H3,(H2,46,59)(H,47,60)(H,48,64)(H,49,67)(H,50,65)(H,51,68)(H,71,72,73)/b7-6+,10-9+/t20-,21+,23+,24-,25-,27+,28+,32-,33-,34-,35-,36-,37-,38-,41-/m0/s1. The van der Waals surface area contributed by atoms with Crippen molar-refractivity contribution in [1.29, 1.82) is 0 Å². The normalized spacial score (nSPS) is 29.5. The van der Waals surface area contributed by atoms with Crippen molar-refractivity contribution >= 4 is 57.7 Å². The number of carbonyl (C=O) groups is 8. The molecule has 0 saturated carbocycles. The number of nitrogens with two attached hydrogens (primary N) is 1. The van der Waals surface area contributed by atoms with Crippen LogP contribution in [0.15, 0.2) is 42.5 Å². The van der Waals surface area contributed by atoms with Crippen molar-refractivity contribution < 1.29 is 101 Å². The third-order valence-electron chi connectivity index (χ3n) is 12.5. The Balaban J connectivity index is 1.87. The molecule has 30 heteroatoms. The van der Waals surface area contributed by atoms with Gasteiger partial charge in [0.1, 0.15) is 54.6 Å². The molecule has 3 aliphatic heterocycles. The number of carbonyl (C=O) groups excluding carboxylic acids is 8. The van der Waals surface area contributed by atoms with E-state index in [2.05, 4.69) is 20.1 Å². The van der Waals surface area contributed by atoms with E-state index in [1.807, 2.05) is 29.7 Å². The summed E-state index contributed by atoms with van der Waals surface area (Å²) in [6, 6.07) is -10.6. The van der Waals surface area contributed by atoms with Gasteiger partial charge in [0.2, 0.25) is 47.3 Å². The zero-order valence-electron chi connectivity index (χ0n) is 40.9. The number of nitrogens with one attached hydrogen (secondary N) is 5. The number of phenolic OH excluding ortho intramolecular Hbond substituents is 1. The Kier molecular flexibility index (Phi) is 22.0.